The van der Waals surface area contributed by atoms with Gasteiger partial charge in [0.25, 0.3) is 0 Å². The average molecular weight is 196 g/mol. The van der Waals surface area contributed by atoms with Gasteiger partial charge in [-0.3, -0.25) is 9.00 Å². The van der Waals surface area contributed by atoms with E-state index >= 15 is 0 Å². The Morgan fingerprint density at radius 1 is 1.31 bits per heavy atom. The van der Waals surface area contributed by atoms with Crippen LogP contribution in [0, 0.1) is 6.92 Å². The number of benzene rings is 1. The molecule has 0 N–H and O–H groups in total. The fourth-order valence-electron chi connectivity index (χ4n) is 0.952. The molecule has 0 heterocycles. The zero-order valence-electron chi connectivity index (χ0n) is 7.74. The van der Waals surface area contributed by atoms with Crippen molar-refractivity contribution in [2.24, 2.45) is 0 Å². The second kappa shape index (κ2) is 4.33. The Bertz CT molecular complexity index is 327. The second-order valence-electron chi connectivity index (χ2n) is 2.79. The van der Waals surface area contributed by atoms with Crippen molar-refractivity contribution in [2.45, 2.75) is 13.8 Å². The molecule has 3 heteroatoms. The maximum absolute atomic E-state index is 11.4. The van der Waals surface area contributed by atoms with E-state index in [1.807, 2.05) is 19.1 Å². The van der Waals surface area contributed by atoms with Crippen LogP contribution in [0.1, 0.15) is 22.8 Å². The molecule has 0 radical (unpaired) electrons. The fourth-order valence-corrected chi connectivity index (χ4v) is 1.61. The quantitative estimate of drug-likeness (QED) is 0.724. The van der Waals surface area contributed by atoms with E-state index in [9.17, 15) is 9.00 Å². The van der Waals surface area contributed by atoms with Crippen LogP contribution in [-0.4, -0.2) is 15.1 Å². The van der Waals surface area contributed by atoms with E-state index in [0.717, 1.165) is 5.56 Å². The van der Waals surface area contributed by atoms with E-state index < -0.39 is 10.8 Å². The van der Waals surface area contributed by atoms with Gasteiger partial charge in [-0.1, -0.05) is 36.8 Å². The van der Waals surface area contributed by atoms with Crippen LogP contribution >= 0.6 is 0 Å². The first-order valence-electron chi connectivity index (χ1n) is 4.14. The van der Waals surface area contributed by atoms with Gasteiger partial charge in [0.2, 0.25) is 5.12 Å². The Morgan fingerprint density at radius 3 is 2.31 bits per heavy atom. The third-order valence-electron chi connectivity index (χ3n) is 1.76. The van der Waals surface area contributed by atoms with Crippen LogP contribution in [0.15, 0.2) is 24.3 Å². The van der Waals surface area contributed by atoms with Crippen molar-refractivity contribution < 1.29 is 9.00 Å². The largest absolute Gasteiger partial charge is 0.279 e. The summed E-state index contributed by atoms with van der Waals surface area (Å²) in [6.45, 7) is 3.69. The summed E-state index contributed by atoms with van der Waals surface area (Å²) in [5, 5.41) is -0.275. The van der Waals surface area contributed by atoms with Gasteiger partial charge in [-0.2, -0.15) is 0 Å². The second-order valence-corrected chi connectivity index (χ2v) is 4.43. The van der Waals surface area contributed by atoms with Gasteiger partial charge in [-0.25, -0.2) is 0 Å². The van der Waals surface area contributed by atoms with Crippen LogP contribution in [0.3, 0.4) is 0 Å². The predicted octanol–water partition coefficient (Wildman–Crippen LogP) is 1.90. The van der Waals surface area contributed by atoms with Crippen LogP contribution < -0.4 is 0 Å². The molecule has 1 unspecified atom stereocenters. The molecule has 0 bridgehead atoms. The lowest BCUT2D eigenvalue weighted by Gasteiger charge is -1.98. The Labute approximate surface area is 80.4 Å². The molecule has 0 aromatic heterocycles. The number of carbonyl (C=O) groups is 1. The molecule has 0 amide bonds. The normalized spacial score (nSPS) is 12.5. The van der Waals surface area contributed by atoms with Gasteiger partial charge >= 0.3 is 0 Å². The highest BCUT2D eigenvalue weighted by Crippen LogP contribution is 2.06. The van der Waals surface area contributed by atoms with Crippen molar-refractivity contribution in [3.8, 4) is 0 Å². The van der Waals surface area contributed by atoms with E-state index in [0.29, 0.717) is 11.3 Å². The zero-order chi connectivity index (χ0) is 9.84. The molecule has 70 valence electrons. The van der Waals surface area contributed by atoms with Crippen molar-refractivity contribution in [3.63, 3.8) is 0 Å². The van der Waals surface area contributed by atoms with E-state index in [4.69, 9.17) is 0 Å². The predicted molar refractivity (Wildman–Crippen MR) is 54.2 cm³/mol. The first kappa shape index (κ1) is 10.1. The highest BCUT2D eigenvalue weighted by Gasteiger charge is 2.11. The molecule has 1 rings (SSSR count). The first-order valence-corrected chi connectivity index (χ1v) is 5.46. The summed E-state index contributed by atoms with van der Waals surface area (Å²) >= 11 is 0. The summed E-state index contributed by atoms with van der Waals surface area (Å²) in [6.07, 6.45) is 0. The van der Waals surface area contributed by atoms with Crippen molar-refractivity contribution in [1.82, 2.24) is 0 Å². The molecule has 0 saturated heterocycles. The molecule has 0 saturated carbocycles. The maximum atomic E-state index is 11.4. The van der Waals surface area contributed by atoms with Gasteiger partial charge in [-0.15, -0.1) is 0 Å². The number of rotatable bonds is 2. The van der Waals surface area contributed by atoms with Crippen molar-refractivity contribution >= 4 is 15.9 Å². The minimum atomic E-state index is -1.37. The minimum Gasteiger partial charge on any atom is -0.279 e. The minimum absolute atomic E-state index is 0.275. The molecule has 1 aromatic carbocycles. The molecule has 0 aliphatic rings. The molecule has 2 nitrogen and oxygen atoms in total. The van der Waals surface area contributed by atoms with E-state index in [2.05, 4.69) is 0 Å². The monoisotopic (exact) mass is 196 g/mol. The molecular weight excluding hydrogens is 184 g/mol. The molecule has 0 aliphatic carbocycles. The summed E-state index contributed by atoms with van der Waals surface area (Å²) in [5.74, 6) is 0.382. The number of hydrogen-bond donors (Lipinski definition) is 0. The molecule has 1 atom stereocenters. The molecule has 13 heavy (non-hydrogen) atoms. The zero-order valence-corrected chi connectivity index (χ0v) is 8.56. The smallest absolute Gasteiger partial charge is 0.249 e. The first-order chi connectivity index (χ1) is 6.15. The molecule has 0 spiro atoms. The van der Waals surface area contributed by atoms with Gasteiger partial charge in [0, 0.05) is 11.3 Å². The maximum Gasteiger partial charge on any atom is 0.249 e. The topological polar surface area (TPSA) is 34.1 Å². The Balaban J connectivity index is 2.90. The van der Waals surface area contributed by atoms with Gasteiger partial charge in [0.15, 0.2) is 0 Å². The van der Waals surface area contributed by atoms with Gasteiger partial charge < -0.3 is 0 Å². The van der Waals surface area contributed by atoms with E-state index in [-0.39, 0.29) is 5.12 Å². The lowest BCUT2D eigenvalue weighted by molar-refractivity contribution is 0.108. The lowest BCUT2D eigenvalue weighted by atomic mass is 10.2. The molecule has 0 fully saturated rings. The van der Waals surface area contributed by atoms with Crippen LogP contribution in [0.5, 0.6) is 0 Å². The Morgan fingerprint density at radius 2 is 1.85 bits per heavy atom. The Kier molecular flexibility index (Phi) is 3.37. The summed E-state index contributed by atoms with van der Waals surface area (Å²) in [5.41, 5.74) is 1.63. The standard InChI is InChI=1S/C10H12O2S/c1-3-13(12)10(11)9-6-4-8(2)5-7-9/h4-7H,3H2,1-2H3. The molecular formula is C10H12O2S. The molecule has 1 aromatic rings. The summed E-state index contributed by atoms with van der Waals surface area (Å²) < 4.78 is 11.2. The van der Waals surface area contributed by atoms with Crippen molar-refractivity contribution in [3.05, 3.63) is 35.4 Å². The van der Waals surface area contributed by atoms with Crippen LogP contribution in [-0.2, 0) is 10.8 Å². The SMILES string of the molecule is CCS(=O)C(=O)c1ccc(C)cc1. The Hall–Kier alpha value is -0.960. The van der Waals surface area contributed by atoms with Gasteiger partial charge in [0.1, 0.15) is 0 Å². The van der Waals surface area contributed by atoms with Gasteiger partial charge in [0.05, 0.1) is 10.8 Å². The number of hydrogen-bond acceptors (Lipinski definition) is 2. The average Bonchev–Trinajstić information content (AvgIpc) is 2.17. The lowest BCUT2D eigenvalue weighted by Crippen LogP contribution is -2.09. The highest BCUT2D eigenvalue weighted by atomic mass is 32.2. The van der Waals surface area contributed by atoms with Gasteiger partial charge in [-0.05, 0) is 6.92 Å². The van der Waals surface area contributed by atoms with Crippen molar-refractivity contribution in [1.29, 1.82) is 0 Å². The van der Waals surface area contributed by atoms with Crippen LogP contribution in [0.4, 0.5) is 0 Å². The highest BCUT2D eigenvalue weighted by molar-refractivity contribution is 8.00. The fraction of sp³-hybridized carbons (Fsp3) is 0.300. The third kappa shape index (κ3) is 2.49. The number of aryl methyl sites for hydroxylation is 1. The van der Waals surface area contributed by atoms with Crippen LogP contribution in [0.25, 0.3) is 0 Å². The van der Waals surface area contributed by atoms with E-state index in [1.165, 1.54) is 0 Å². The van der Waals surface area contributed by atoms with Crippen molar-refractivity contribution in [2.75, 3.05) is 5.75 Å². The van der Waals surface area contributed by atoms with E-state index in [1.54, 1.807) is 19.1 Å². The third-order valence-corrected chi connectivity index (χ3v) is 2.93. The molecule has 0 aliphatic heterocycles. The summed E-state index contributed by atoms with van der Waals surface area (Å²) in [4.78, 5) is 11.4. The summed E-state index contributed by atoms with van der Waals surface area (Å²) in [7, 11) is -1.37. The number of carbonyl (C=O) groups excluding carboxylic acids is 1. The summed E-state index contributed by atoms with van der Waals surface area (Å²) in [6, 6.07) is 7.12. The van der Waals surface area contributed by atoms with Crippen LogP contribution in [0.2, 0.25) is 0 Å².